The minimum atomic E-state index is -0.186. The molecule has 0 bridgehead atoms. The topological polar surface area (TPSA) is 85.8 Å². The molecular formula is C19H20ClN5OS. The number of hydrogen-bond acceptors (Lipinski definition) is 5. The first-order valence-corrected chi connectivity index (χ1v) is 9.68. The number of halogens is 1. The second kappa shape index (κ2) is 8.02. The number of amides is 1. The Kier molecular flexibility index (Phi) is 5.72. The van der Waals surface area contributed by atoms with E-state index in [0.717, 1.165) is 22.3 Å². The summed E-state index contributed by atoms with van der Waals surface area (Å²) in [5.74, 6) is 6.61. The molecule has 2 aromatic carbocycles. The zero-order valence-corrected chi connectivity index (χ0v) is 16.9. The standard InChI is InChI=1S/C19H20ClN5OS/c1-11-4-6-14(7-5-11)18-23-24-19(25(18)21)27-10-16(26)22-17-13(3)8-12(2)9-15(17)20/h4-9H,10,21H2,1-3H3,(H,22,26). The quantitative estimate of drug-likeness (QED) is 0.499. The molecule has 3 rings (SSSR count). The van der Waals surface area contributed by atoms with Crippen LogP contribution in [0.3, 0.4) is 0 Å². The van der Waals surface area contributed by atoms with Gasteiger partial charge in [0, 0.05) is 5.56 Å². The van der Waals surface area contributed by atoms with Gasteiger partial charge in [0.25, 0.3) is 0 Å². The Bertz CT molecular complexity index is 961. The van der Waals surface area contributed by atoms with Gasteiger partial charge in [-0.2, -0.15) is 0 Å². The van der Waals surface area contributed by atoms with E-state index in [1.54, 1.807) is 0 Å². The Hall–Kier alpha value is -2.51. The maximum atomic E-state index is 12.3. The lowest BCUT2D eigenvalue weighted by atomic mass is 10.1. The van der Waals surface area contributed by atoms with Crippen LogP contribution < -0.4 is 11.2 Å². The second-order valence-corrected chi connectivity index (χ2v) is 7.67. The summed E-state index contributed by atoms with van der Waals surface area (Å²) in [5, 5.41) is 12.1. The summed E-state index contributed by atoms with van der Waals surface area (Å²) >= 11 is 7.45. The number of nitrogens with zero attached hydrogens (tertiary/aromatic N) is 3. The van der Waals surface area contributed by atoms with Crippen LogP contribution >= 0.6 is 23.4 Å². The first kappa shape index (κ1) is 19.3. The SMILES string of the molecule is Cc1ccc(-c2nnc(SCC(=O)Nc3c(C)cc(C)cc3Cl)n2N)cc1. The van der Waals surface area contributed by atoms with Crippen LogP contribution in [0.15, 0.2) is 41.6 Å². The number of benzene rings is 2. The van der Waals surface area contributed by atoms with Gasteiger partial charge >= 0.3 is 0 Å². The second-order valence-electron chi connectivity index (χ2n) is 6.32. The Morgan fingerprint density at radius 1 is 1.15 bits per heavy atom. The number of carbonyl (C=O) groups excluding carboxylic acids is 1. The van der Waals surface area contributed by atoms with Crippen molar-refractivity contribution in [2.75, 3.05) is 16.9 Å². The molecule has 0 aliphatic rings. The molecule has 1 amide bonds. The van der Waals surface area contributed by atoms with Gasteiger partial charge in [0.2, 0.25) is 11.1 Å². The first-order valence-electron chi connectivity index (χ1n) is 8.32. The summed E-state index contributed by atoms with van der Waals surface area (Å²) in [5.41, 5.74) is 4.61. The Balaban J connectivity index is 1.67. The van der Waals surface area contributed by atoms with E-state index < -0.39 is 0 Å². The summed E-state index contributed by atoms with van der Waals surface area (Å²) in [6, 6.07) is 11.6. The van der Waals surface area contributed by atoms with Gasteiger partial charge in [0.05, 0.1) is 16.5 Å². The third-order valence-corrected chi connectivity index (χ3v) is 5.24. The lowest BCUT2D eigenvalue weighted by Gasteiger charge is -2.11. The molecule has 140 valence electrons. The third-order valence-electron chi connectivity index (χ3n) is 4.00. The number of aryl methyl sites for hydroxylation is 3. The number of nitrogens with one attached hydrogen (secondary N) is 1. The highest BCUT2D eigenvalue weighted by Crippen LogP contribution is 2.28. The Labute approximate surface area is 167 Å². The largest absolute Gasteiger partial charge is 0.335 e. The average Bonchev–Trinajstić information content (AvgIpc) is 2.98. The van der Waals surface area contributed by atoms with Crippen LogP contribution in [-0.2, 0) is 4.79 Å². The highest BCUT2D eigenvalue weighted by Gasteiger charge is 2.15. The van der Waals surface area contributed by atoms with Crippen LogP contribution in [0.5, 0.6) is 0 Å². The van der Waals surface area contributed by atoms with Gasteiger partial charge in [-0.05, 0) is 38.0 Å². The van der Waals surface area contributed by atoms with Gasteiger partial charge in [0.15, 0.2) is 5.82 Å². The average molecular weight is 402 g/mol. The third kappa shape index (κ3) is 4.43. The molecule has 0 radical (unpaired) electrons. The van der Waals surface area contributed by atoms with Crippen molar-refractivity contribution in [1.29, 1.82) is 0 Å². The molecular weight excluding hydrogens is 382 g/mol. The van der Waals surface area contributed by atoms with Crippen molar-refractivity contribution in [3.63, 3.8) is 0 Å². The molecule has 3 N–H and O–H groups in total. The molecule has 0 fully saturated rings. The summed E-state index contributed by atoms with van der Waals surface area (Å²) in [4.78, 5) is 12.3. The zero-order chi connectivity index (χ0) is 19.6. The molecule has 8 heteroatoms. The highest BCUT2D eigenvalue weighted by atomic mass is 35.5. The molecule has 0 aliphatic carbocycles. The van der Waals surface area contributed by atoms with E-state index in [1.165, 1.54) is 16.4 Å². The summed E-state index contributed by atoms with van der Waals surface area (Å²) < 4.78 is 1.40. The van der Waals surface area contributed by atoms with Crippen LogP contribution in [0.25, 0.3) is 11.4 Å². The van der Waals surface area contributed by atoms with Gasteiger partial charge in [-0.1, -0.05) is 59.3 Å². The normalized spacial score (nSPS) is 10.8. The van der Waals surface area contributed by atoms with Gasteiger partial charge in [-0.15, -0.1) is 10.2 Å². The van der Waals surface area contributed by atoms with Crippen molar-refractivity contribution in [3.8, 4) is 11.4 Å². The fraction of sp³-hybridized carbons (Fsp3) is 0.211. The molecule has 0 saturated heterocycles. The lowest BCUT2D eigenvalue weighted by molar-refractivity contribution is -0.113. The number of hydrogen-bond donors (Lipinski definition) is 2. The molecule has 0 saturated carbocycles. The van der Waals surface area contributed by atoms with Crippen LogP contribution in [0.2, 0.25) is 5.02 Å². The lowest BCUT2D eigenvalue weighted by Crippen LogP contribution is -2.17. The number of carbonyl (C=O) groups is 1. The molecule has 1 aromatic heterocycles. The predicted octanol–water partition coefficient (Wildman–Crippen LogP) is 3.97. The summed E-state index contributed by atoms with van der Waals surface area (Å²) in [7, 11) is 0. The number of nitrogen functional groups attached to an aromatic ring is 1. The summed E-state index contributed by atoms with van der Waals surface area (Å²) in [6.07, 6.45) is 0. The van der Waals surface area contributed by atoms with Crippen LogP contribution in [0.4, 0.5) is 5.69 Å². The minimum absolute atomic E-state index is 0.146. The van der Waals surface area contributed by atoms with Crippen molar-refractivity contribution >= 4 is 35.0 Å². The van der Waals surface area contributed by atoms with Crippen LogP contribution in [-0.4, -0.2) is 26.5 Å². The van der Waals surface area contributed by atoms with E-state index in [2.05, 4.69) is 15.5 Å². The molecule has 3 aromatic rings. The highest BCUT2D eigenvalue weighted by molar-refractivity contribution is 7.99. The fourth-order valence-corrected chi connectivity index (χ4v) is 3.68. The zero-order valence-electron chi connectivity index (χ0n) is 15.3. The van der Waals surface area contributed by atoms with Gasteiger partial charge in [0.1, 0.15) is 0 Å². The van der Waals surface area contributed by atoms with Gasteiger partial charge in [-0.25, -0.2) is 4.68 Å². The van der Waals surface area contributed by atoms with Crippen molar-refractivity contribution < 1.29 is 4.79 Å². The number of thioether (sulfide) groups is 1. The van der Waals surface area contributed by atoms with Crippen LogP contribution in [0.1, 0.15) is 16.7 Å². The smallest absolute Gasteiger partial charge is 0.234 e. The maximum absolute atomic E-state index is 12.3. The summed E-state index contributed by atoms with van der Waals surface area (Å²) in [6.45, 7) is 5.88. The minimum Gasteiger partial charge on any atom is -0.335 e. The van der Waals surface area contributed by atoms with Crippen molar-refractivity contribution in [2.45, 2.75) is 25.9 Å². The predicted molar refractivity (Wildman–Crippen MR) is 111 cm³/mol. The van der Waals surface area contributed by atoms with E-state index in [4.69, 9.17) is 17.4 Å². The van der Waals surface area contributed by atoms with E-state index >= 15 is 0 Å². The van der Waals surface area contributed by atoms with E-state index in [1.807, 2.05) is 57.2 Å². The van der Waals surface area contributed by atoms with Gasteiger partial charge in [-0.3, -0.25) is 4.79 Å². The molecule has 0 unspecified atom stereocenters. The maximum Gasteiger partial charge on any atom is 0.234 e. The van der Waals surface area contributed by atoms with Crippen molar-refractivity contribution in [2.24, 2.45) is 0 Å². The molecule has 6 nitrogen and oxygen atoms in total. The Morgan fingerprint density at radius 2 is 1.85 bits per heavy atom. The first-order chi connectivity index (χ1) is 12.8. The fourth-order valence-electron chi connectivity index (χ4n) is 2.65. The van der Waals surface area contributed by atoms with E-state index in [9.17, 15) is 4.79 Å². The number of nitrogens with two attached hydrogens (primary N) is 1. The van der Waals surface area contributed by atoms with E-state index in [0.29, 0.717) is 21.7 Å². The molecule has 27 heavy (non-hydrogen) atoms. The van der Waals surface area contributed by atoms with Gasteiger partial charge < -0.3 is 11.2 Å². The number of aromatic nitrogens is 3. The Morgan fingerprint density at radius 3 is 2.52 bits per heavy atom. The molecule has 0 atom stereocenters. The number of anilines is 1. The van der Waals surface area contributed by atoms with Crippen LogP contribution in [0, 0.1) is 20.8 Å². The molecule has 0 aliphatic heterocycles. The number of rotatable bonds is 5. The monoisotopic (exact) mass is 401 g/mol. The molecule has 0 spiro atoms. The van der Waals surface area contributed by atoms with Crippen molar-refractivity contribution in [1.82, 2.24) is 14.9 Å². The van der Waals surface area contributed by atoms with Crippen molar-refractivity contribution in [3.05, 3.63) is 58.1 Å². The van der Waals surface area contributed by atoms with E-state index in [-0.39, 0.29) is 11.7 Å². The molecule has 1 heterocycles.